The van der Waals surface area contributed by atoms with Crippen LogP contribution in [0.15, 0.2) is 48.5 Å². The average molecular weight is 476 g/mol. The summed E-state index contributed by atoms with van der Waals surface area (Å²) >= 11 is 0. The number of carbonyl (C=O) groups is 2. The van der Waals surface area contributed by atoms with Crippen LogP contribution in [0.3, 0.4) is 0 Å². The molecule has 0 spiro atoms. The van der Waals surface area contributed by atoms with Gasteiger partial charge in [-0.05, 0) is 32.0 Å². The standard InChI is InChI=1S/C24H20F4N2O4/c1-3-33-18-12-17(30-24(32)14-10-15(25)21(27)22(28)20(14)26)19(34-4-2)11-16(18)29-23(31)13-8-6-5-7-9-13/h5-12H,3-4H2,1-2H3,(H,29,31)(H,30,32). The van der Waals surface area contributed by atoms with Crippen molar-refractivity contribution >= 4 is 23.2 Å². The van der Waals surface area contributed by atoms with E-state index >= 15 is 0 Å². The van der Waals surface area contributed by atoms with Crippen LogP contribution in [-0.4, -0.2) is 25.0 Å². The van der Waals surface area contributed by atoms with Gasteiger partial charge in [0.1, 0.15) is 11.5 Å². The van der Waals surface area contributed by atoms with E-state index in [1.807, 2.05) is 0 Å². The largest absolute Gasteiger partial charge is 0.492 e. The molecule has 10 heteroatoms. The predicted octanol–water partition coefficient (Wildman–Crippen LogP) is 5.55. The Balaban J connectivity index is 1.98. The van der Waals surface area contributed by atoms with E-state index in [4.69, 9.17) is 9.47 Å². The van der Waals surface area contributed by atoms with Crippen LogP contribution in [-0.2, 0) is 0 Å². The first-order chi connectivity index (χ1) is 16.3. The highest BCUT2D eigenvalue weighted by atomic mass is 19.2. The molecule has 0 saturated heterocycles. The molecule has 0 heterocycles. The quantitative estimate of drug-likeness (QED) is 0.254. The number of carbonyl (C=O) groups excluding carboxylic acids is 2. The molecule has 3 rings (SSSR count). The number of hydrogen-bond acceptors (Lipinski definition) is 4. The molecule has 3 aromatic rings. The average Bonchev–Trinajstić information content (AvgIpc) is 2.83. The first kappa shape index (κ1) is 24.6. The van der Waals surface area contributed by atoms with Crippen molar-refractivity contribution in [1.29, 1.82) is 0 Å². The predicted molar refractivity (Wildman–Crippen MR) is 117 cm³/mol. The number of ether oxygens (including phenoxy) is 2. The molecular weight excluding hydrogens is 456 g/mol. The van der Waals surface area contributed by atoms with E-state index in [-0.39, 0.29) is 42.2 Å². The first-order valence-electron chi connectivity index (χ1n) is 10.2. The van der Waals surface area contributed by atoms with Crippen LogP contribution in [0.1, 0.15) is 34.6 Å². The maximum Gasteiger partial charge on any atom is 0.258 e. The van der Waals surface area contributed by atoms with Gasteiger partial charge in [-0.15, -0.1) is 0 Å². The number of hydrogen-bond donors (Lipinski definition) is 2. The van der Waals surface area contributed by atoms with E-state index in [0.717, 1.165) is 0 Å². The molecule has 0 radical (unpaired) electrons. The van der Waals surface area contributed by atoms with Crippen LogP contribution in [0.4, 0.5) is 28.9 Å². The van der Waals surface area contributed by atoms with Gasteiger partial charge < -0.3 is 20.1 Å². The second-order valence-corrected chi connectivity index (χ2v) is 6.83. The van der Waals surface area contributed by atoms with Crippen molar-refractivity contribution in [3.8, 4) is 11.5 Å². The highest BCUT2D eigenvalue weighted by Gasteiger charge is 2.24. The van der Waals surface area contributed by atoms with Crippen molar-refractivity contribution in [3.63, 3.8) is 0 Å². The molecule has 0 bridgehead atoms. The Bertz CT molecular complexity index is 1220. The van der Waals surface area contributed by atoms with Crippen molar-refractivity contribution in [2.75, 3.05) is 23.8 Å². The molecule has 6 nitrogen and oxygen atoms in total. The van der Waals surface area contributed by atoms with Gasteiger partial charge in [-0.1, -0.05) is 18.2 Å². The van der Waals surface area contributed by atoms with Gasteiger partial charge in [0.05, 0.1) is 30.2 Å². The van der Waals surface area contributed by atoms with Gasteiger partial charge in [-0.2, -0.15) is 0 Å². The maximum absolute atomic E-state index is 14.1. The summed E-state index contributed by atoms with van der Waals surface area (Å²) in [5, 5.41) is 4.98. The first-order valence-corrected chi connectivity index (χ1v) is 10.2. The van der Waals surface area contributed by atoms with Crippen LogP contribution >= 0.6 is 0 Å². The summed E-state index contributed by atoms with van der Waals surface area (Å²) in [6, 6.07) is 11.3. The Morgan fingerprint density at radius 1 is 0.735 bits per heavy atom. The highest BCUT2D eigenvalue weighted by Crippen LogP contribution is 2.37. The second kappa shape index (κ2) is 10.7. The van der Waals surface area contributed by atoms with Crippen LogP contribution < -0.4 is 20.1 Å². The Morgan fingerprint density at radius 2 is 1.26 bits per heavy atom. The zero-order valence-corrected chi connectivity index (χ0v) is 18.2. The lowest BCUT2D eigenvalue weighted by Gasteiger charge is -2.18. The minimum atomic E-state index is -2.11. The van der Waals surface area contributed by atoms with E-state index in [2.05, 4.69) is 10.6 Å². The Labute approximate surface area is 192 Å². The smallest absolute Gasteiger partial charge is 0.258 e. The number of rotatable bonds is 8. The van der Waals surface area contributed by atoms with Gasteiger partial charge in [0.15, 0.2) is 23.3 Å². The topological polar surface area (TPSA) is 76.7 Å². The van der Waals surface area contributed by atoms with Gasteiger partial charge in [-0.3, -0.25) is 9.59 Å². The van der Waals surface area contributed by atoms with E-state index in [1.165, 1.54) is 12.1 Å². The molecule has 0 aromatic heterocycles. The molecule has 0 fully saturated rings. The summed E-state index contributed by atoms with van der Waals surface area (Å²) in [5.74, 6) is -9.17. The number of benzene rings is 3. The van der Waals surface area contributed by atoms with Crippen LogP contribution in [0.5, 0.6) is 11.5 Å². The lowest BCUT2D eigenvalue weighted by atomic mass is 10.1. The van der Waals surface area contributed by atoms with E-state index in [1.54, 1.807) is 44.2 Å². The molecule has 0 aliphatic carbocycles. The normalized spacial score (nSPS) is 10.5. The Hall–Kier alpha value is -4.08. The number of halogens is 4. The van der Waals surface area contributed by atoms with Crippen molar-refractivity contribution < 1.29 is 36.6 Å². The highest BCUT2D eigenvalue weighted by molar-refractivity contribution is 6.07. The van der Waals surface area contributed by atoms with Crippen LogP contribution in [0.2, 0.25) is 0 Å². The molecule has 3 aromatic carbocycles. The molecule has 0 saturated carbocycles. The maximum atomic E-state index is 14.1. The molecule has 2 N–H and O–H groups in total. The molecule has 2 amide bonds. The third-order valence-corrected chi connectivity index (χ3v) is 4.56. The molecular formula is C24H20F4N2O4. The van der Waals surface area contributed by atoms with Gasteiger partial charge in [0, 0.05) is 17.7 Å². The third-order valence-electron chi connectivity index (χ3n) is 4.56. The molecule has 0 unspecified atom stereocenters. The lowest BCUT2D eigenvalue weighted by molar-refractivity contribution is 0.101. The van der Waals surface area contributed by atoms with Crippen LogP contribution in [0, 0.1) is 23.3 Å². The number of anilines is 2. The summed E-state index contributed by atoms with van der Waals surface area (Å²) < 4.78 is 65.5. The van der Waals surface area contributed by atoms with Gasteiger partial charge in [-0.25, -0.2) is 17.6 Å². The van der Waals surface area contributed by atoms with E-state index in [9.17, 15) is 27.2 Å². The summed E-state index contributed by atoms with van der Waals surface area (Å²) in [6.45, 7) is 3.70. The lowest BCUT2D eigenvalue weighted by Crippen LogP contribution is -2.18. The summed E-state index contributed by atoms with van der Waals surface area (Å²) in [6.07, 6.45) is 0. The summed E-state index contributed by atoms with van der Waals surface area (Å²) in [4.78, 5) is 25.1. The fourth-order valence-electron chi connectivity index (χ4n) is 3.02. The molecule has 0 aliphatic rings. The van der Waals surface area contributed by atoms with Crippen molar-refractivity contribution in [1.82, 2.24) is 0 Å². The van der Waals surface area contributed by atoms with Gasteiger partial charge >= 0.3 is 0 Å². The SMILES string of the molecule is CCOc1cc(NC(=O)c2cc(F)c(F)c(F)c2F)c(OCC)cc1NC(=O)c1ccccc1. The number of amides is 2. The van der Waals surface area contributed by atoms with E-state index in [0.29, 0.717) is 5.56 Å². The zero-order chi connectivity index (χ0) is 24.8. The molecule has 34 heavy (non-hydrogen) atoms. The van der Waals surface area contributed by atoms with Gasteiger partial charge in [0.2, 0.25) is 0 Å². The third kappa shape index (κ3) is 5.28. The molecule has 0 atom stereocenters. The minimum absolute atomic E-state index is 0.0300. The monoisotopic (exact) mass is 476 g/mol. The van der Waals surface area contributed by atoms with Crippen molar-refractivity contribution in [3.05, 3.63) is 82.9 Å². The minimum Gasteiger partial charge on any atom is -0.492 e. The van der Waals surface area contributed by atoms with Crippen molar-refractivity contribution in [2.24, 2.45) is 0 Å². The van der Waals surface area contributed by atoms with Crippen molar-refractivity contribution in [2.45, 2.75) is 13.8 Å². The van der Waals surface area contributed by atoms with E-state index < -0.39 is 40.6 Å². The fourth-order valence-corrected chi connectivity index (χ4v) is 3.02. The Morgan fingerprint density at radius 3 is 1.79 bits per heavy atom. The van der Waals surface area contributed by atoms with Crippen LogP contribution in [0.25, 0.3) is 0 Å². The molecule has 178 valence electrons. The summed E-state index contributed by atoms with van der Waals surface area (Å²) in [5.41, 5.74) is -0.464. The summed E-state index contributed by atoms with van der Waals surface area (Å²) in [7, 11) is 0. The molecule has 0 aliphatic heterocycles. The van der Waals surface area contributed by atoms with Gasteiger partial charge in [0.25, 0.3) is 11.8 Å². The fraction of sp³-hybridized carbons (Fsp3) is 0.167. The second-order valence-electron chi connectivity index (χ2n) is 6.83. The number of nitrogens with one attached hydrogen (secondary N) is 2. The zero-order valence-electron chi connectivity index (χ0n) is 18.2. The Kier molecular flexibility index (Phi) is 7.72.